The summed E-state index contributed by atoms with van der Waals surface area (Å²) in [5.41, 5.74) is 2.48. The maximum atomic E-state index is 12.4. The number of H-pyrrole nitrogens is 1. The Morgan fingerprint density at radius 3 is 2.81 bits per heavy atom. The number of hydrogen-bond acceptors (Lipinski definition) is 5. The predicted molar refractivity (Wildman–Crippen MR) is 115 cm³/mol. The molecule has 2 aromatic heterocycles. The number of halogens is 1. The summed E-state index contributed by atoms with van der Waals surface area (Å²) in [5, 5.41) is 3.69. The van der Waals surface area contributed by atoms with E-state index in [1.807, 2.05) is 39.8 Å². The van der Waals surface area contributed by atoms with Crippen LogP contribution in [0.2, 0.25) is 5.02 Å². The van der Waals surface area contributed by atoms with Gasteiger partial charge < -0.3 is 10.3 Å². The molecular formula is C19H20ClN3O2S2. The molecule has 0 radical (unpaired) electrons. The minimum absolute atomic E-state index is 0.124. The number of thioether (sulfide) groups is 1. The van der Waals surface area contributed by atoms with Gasteiger partial charge in [0.1, 0.15) is 10.7 Å². The van der Waals surface area contributed by atoms with Crippen molar-refractivity contribution in [3.8, 4) is 0 Å². The second-order valence-corrected chi connectivity index (χ2v) is 9.34. The van der Waals surface area contributed by atoms with E-state index in [0.29, 0.717) is 27.7 Å². The van der Waals surface area contributed by atoms with Crippen LogP contribution in [-0.4, -0.2) is 21.1 Å². The molecule has 1 amide bonds. The van der Waals surface area contributed by atoms with E-state index < -0.39 is 0 Å². The van der Waals surface area contributed by atoms with E-state index in [2.05, 4.69) is 15.3 Å². The van der Waals surface area contributed by atoms with Crippen molar-refractivity contribution in [3.63, 3.8) is 0 Å². The van der Waals surface area contributed by atoms with Gasteiger partial charge in [-0.15, -0.1) is 23.1 Å². The van der Waals surface area contributed by atoms with Gasteiger partial charge in [-0.3, -0.25) is 9.59 Å². The third kappa shape index (κ3) is 4.36. The zero-order valence-electron chi connectivity index (χ0n) is 15.5. The number of amides is 1. The van der Waals surface area contributed by atoms with E-state index in [0.717, 1.165) is 20.8 Å². The van der Waals surface area contributed by atoms with Crippen molar-refractivity contribution in [1.82, 2.24) is 9.97 Å². The molecule has 3 aromatic rings. The van der Waals surface area contributed by atoms with Crippen LogP contribution in [0.4, 0.5) is 5.69 Å². The number of aromatic nitrogens is 2. The first kappa shape index (κ1) is 19.9. The van der Waals surface area contributed by atoms with Gasteiger partial charge in [-0.2, -0.15) is 0 Å². The molecule has 0 bridgehead atoms. The fourth-order valence-electron chi connectivity index (χ4n) is 2.60. The average Bonchev–Trinajstić information content (AvgIpc) is 2.89. The van der Waals surface area contributed by atoms with E-state index in [-0.39, 0.29) is 16.7 Å². The zero-order valence-corrected chi connectivity index (χ0v) is 17.9. The molecule has 8 heteroatoms. The summed E-state index contributed by atoms with van der Waals surface area (Å²) < 4.78 is 0. The summed E-state index contributed by atoms with van der Waals surface area (Å²) in [7, 11) is 0. The summed E-state index contributed by atoms with van der Waals surface area (Å²) in [6.45, 7) is 7.68. The highest BCUT2D eigenvalue weighted by atomic mass is 35.5. The average molecular weight is 422 g/mol. The number of rotatable bonds is 5. The van der Waals surface area contributed by atoms with Gasteiger partial charge in [0.2, 0.25) is 5.91 Å². The molecule has 1 unspecified atom stereocenters. The molecular weight excluding hydrogens is 402 g/mol. The number of fused-ring (bicyclic) bond motifs is 1. The molecule has 0 saturated carbocycles. The normalized spacial score (nSPS) is 12.3. The third-order valence-electron chi connectivity index (χ3n) is 4.31. The number of nitrogens with one attached hydrogen (secondary N) is 2. The number of aryl methyl sites for hydroxylation is 3. The van der Waals surface area contributed by atoms with Crippen LogP contribution in [0.1, 0.15) is 28.8 Å². The van der Waals surface area contributed by atoms with Gasteiger partial charge >= 0.3 is 0 Å². The van der Waals surface area contributed by atoms with Gasteiger partial charge in [-0.05, 0) is 51.0 Å². The highest BCUT2D eigenvalue weighted by Gasteiger charge is 2.17. The van der Waals surface area contributed by atoms with Crippen LogP contribution in [0.5, 0.6) is 0 Å². The predicted octanol–water partition coefficient (Wildman–Crippen LogP) is 4.82. The molecule has 0 aliphatic carbocycles. The molecule has 0 spiro atoms. The summed E-state index contributed by atoms with van der Waals surface area (Å²) >= 11 is 9.10. The summed E-state index contributed by atoms with van der Waals surface area (Å²) in [4.78, 5) is 34.0. The summed E-state index contributed by atoms with van der Waals surface area (Å²) in [6, 6.07) is 5.50. The van der Waals surface area contributed by atoms with Crippen LogP contribution in [0, 0.1) is 20.8 Å². The van der Waals surface area contributed by atoms with Crippen LogP contribution < -0.4 is 10.9 Å². The van der Waals surface area contributed by atoms with Gasteiger partial charge in [0.25, 0.3) is 5.56 Å². The van der Waals surface area contributed by atoms with Crippen molar-refractivity contribution in [2.24, 2.45) is 0 Å². The first-order chi connectivity index (χ1) is 12.8. The SMILES string of the molecule is Cc1ccc(NC(=O)C(C)SCc2nc3sc(C)c(C)c3c(=O)[nH]2)c(Cl)c1. The zero-order chi connectivity index (χ0) is 19.7. The van der Waals surface area contributed by atoms with Crippen molar-refractivity contribution >= 4 is 56.5 Å². The van der Waals surface area contributed by atoms with Crippen LogP contribution in [0.15, 0.2) is 23.0 Å². The van der Waals surface area contributed by atoms with Crippen molar-refractivity contribution < 1.29 is 4.79 Å². The Morgan fingerprint density at radius 2 is 2.11 bits per heavy atom. The van der Waals surface area contributed by atoms with Gasteiger partial charge in [-0.25, -0.2) is 4.98 Å². The Balaban J connectivity index is 1.68. The Kier molecular flexibility index (Phi) is 5.93. The number of anilines is 1. The third-order valence-corrected chi connectivity index (χ3v) is 6.88. The molecule has 0 aliphatic heterocycles. The maximum Gasteiger partial charge on any atom is 0.259 e. The van der Waals surface area contributed by atoms with E-state index in [1.54, 1.807) is 6.07 Å². The molecule has 3 rings (SSSR count). The first-order valence-corrected chi connectivity index (χ1v) is 10.7. The molecule has 1 aromatic carbocycles. The molecule has 5 nitrogen and oxygen atoms in total. The lowest BCUT2D eigenvalue weighted by Crippen LogP contribution is -2.23. The molecule has 0 saturated heterocycles. The first-order valence-electron chi connectivity index (χ1n) is 8.43. The monoisotopic (exact) mass is 421 g/mol. The highest BCUT2D eigenvalue weighted by Crippen LogP contribution is 2.27. The Bertz CT molecular complexity index is 1070. The van der Waals surface area contributed by atoms with Crippen LogP contribution in [0.25, 0.3) is 10.2 Å². The number of nitrogens with zero attached hydrogens (tertiary/aromatic N) is 1. The summed E-state index contributed by atoms with van der Waals surface area (Å²) in [6.07, 6.45) is 0. The topological polar surface area (TPSA) is 74.8 Å². The highest BCUT2D eigenvalue weighted by molar-refractivity contribution is 7.99. The van der Waals surface area contributed by atoms with Gasteiger partial charge in [0, 0.05) is 4.88 Å². The number of hydrogen-bond donors (Lipinski definition) is 2. The van der Waals surface area contributed by atoms with E-state index in [4.69, 9.17) is 11.6 Å². The minimum Gasteiger partial charge on any atom is -0.324 e. The molecule has 2 heterocycles. The molecule has 0 fully saturated rings. The molecule has 2 N–H and O–H groups in total. The second-order valence-electron chi connectivity index (χ2n) is 6.40. The standard InChI is InChI=1S/C19H20ClN3O2S2/c1-9-5-6-14(13(20)7-9)21-17(24)12(4)26-8-15-22-18(25)16-10(2)11(3)27-19(16)23-15/h5-7,12H,8H2,1-4H3,(H,21,24)(H,22,23,25). The smallest absolute Gasteiger partial charge is 0.259 e. The minimum atomic E-state index is -0.324. The lowest BCUT2D eigenvalue weighted by atomic mass is 10.2. The molecule has 1 atom stereocenters. The van der Waals surface area contributed by atoms with Crippen molar-refractivity contribution in [2.75, 3.05) is 5.32 Å². The number of carbonyl (C=O) groups excluding carboxylic acids is 1. The van der Waals surface area contributed by atoms with Crippen LogP contribution in [-0.2, 0) is 10.5 Å². The van der Waals surface area contributed by atoms with Crippen molar-refractivity contribution in [1.29, 1.82) is 0 Å². The largest absolute Gasteiger partial charge is 0.324 e. The van der Waals surface area contributed by atoms with E-state index >= 15 is 0 Å². The number of benzene rings is 1. The Hall–Kier alpha value is -1.83. The number of aromatic amines is 1. The van der Waals surface area contributed by atoms with Gasteiger partial charge in [-0.1, -0.05) is 17.7 Å². The second kappa shape index (κ2) is 8.04. The molecule has 27 heavy (non-hydrogen) atoms. The van der Waals surface area contributed by atoms with Gasteiger partial charge in [0.15, 0.2) is 0 Å². The lowest BCUT2D eigenvalue weighted by molar-refractivity contribution is -0.115. The fourth-order valence-corrected chi connectivity index (χ4v) is 4.69. The van der Waals surface area contributed by atoms with Crippen LogP contribution in [0.3, 0.4) is 0 Å². The maximum absolute atomic E-state index is 12.4. The van der Waals surface area contributed by atoms with E-state index in [9.17, 15) is 9.59 Å². The number of thiophene rings is 1. The van der Waals surface area contributed by atoms with Crippen molar-refractivity contribution in [3.05, 3.63) is 55.4 Å². The molecule has 142 valence electrons. The van der Waals surface area contributed by atoms with Crippen molar-refractivity contribution in [2.45, 2.75) is 38.7 Å². The lowest BCUT2D eigenvalue weighted by Gasteiger charge is -2.13. The van der Waals surface area contributed by atoms with E-state index in [1.165, 1.54) is 23.1 Å². The number of carbonyl (C=O) groups is 1. The quantitative estimate of drug-likeness (QED) is 0.619. The molecule has 0 aliphatic rings. The van der Waals surface area contributed by atoms with Gasteiger partial charge in [0.05, 0.1) is 27.1 Å². The Labute approximate surface area is 170 Å². The van der Waals surface area contributed by atoms with Crippen LogP contribution >= 0.6 is 34.7 Å². The Morgan fingerprint density at radius 1 is 1.37 bits per heavy atom. The summed E-state index contributed by atoms with van der Waals surface area (Å²) in [5.74, 6) is 0.876. The fraction of sp³-hybridized carbons (Fsp3) is 0.316.